The topological polar surface area (TPSA) is 29.9 Å². The van der Waals surface area contributed by atoms with Crippen LogP contribution in [-0.2, 0) is 6.54 Å². The highest BCUT2D eigenvalue weighted by molar-refractivity contribution is 9.10. The minimum Gasteiger partial charge on any atom is -0.308 e. The summed E-state index contributed by atoms with van der Waals surface area (Å²) >= 11 is 6.87. The Balaban J connectivity index is 2.49. The van der Waals surface area contributed by atoms with Gasteiger partial charge in [0.2, 0.25) is 0 Å². The van der Waals surface area contributed by atoms with Crippen molar-refractivity contribution < 1.29 is 4.39 Å². The van der Waals surface area contributed by atoms with Gasteiger partial charge < -0.3 is 5.32 Å². The Labute approximate surface area is 134 Å². The number of rotatable bonds is 5. The molecule has 0 aliphatic carbocycles. The van der Waals surface area contributed by atoms with E-state index in [0.29, 0.717) is 0 Å². The standard InChI is InChI=1S/C14H16Br2FN3/c1-3-4-20-14(12(16)8-19-20)13(18-2)9-5-10(15)7-11(17)6-9/h5-8,13,18H,3-4H2,1-2H3. The average Bonchev–Trinajstić information content (AvgIpc) is 2.72. The zero-order valence-corrected chi connectivity index (χ0v) is 14.5. The summed E-state index contributed by atoms with van der Waals surface area (Å²) in [5, 5.41) is 7.61. The molecule has 0 saturated carbocycles. The maximum absolute atomic E-state index is 13.6. The lowest BCUT2D eigenvalue weighted by molar-refractivity contribution is 0.531. The van der Waals surface area contributed by atoms with Gasteiger partial charge >= 0.3 is 0 Å². The van der Waals surface area contributed by atoms with Gasteiger partial charge in [0.1, 0.15) is 5.82 Å². The van der Waals surface area contributed by atoms with E-state index < -0.39 is 0 Å². The molecule has 0 saturated heterocycles. The molecular formula is C14H16Br2FN3. The lowest BCUT2D eigenvalue weighted by Gasteiger charge is -2.19. The Morgan fingerprint density at radius 2 is 2.10 bits per heavy atom. The molecule has 1 aromatic carbocycles. The second-order valence-corrected chi connectivity index (χ2v) is 6.30. The van der Waals surface area contributed by atoms with Crippen molar-refractivity contribution in [1.29, 1.82) is 0 Å². The number of aromatic nitrogens is 2. The van der Waals surface area contributed by atoms with E-state index >= 15 is 0 Å². The molecule has 1 atom stereocenters. The third-order valence-corrected chi connectivity index (χ3v) is 4.12. The molecule has 3 nitrogen and oxygen atoms in total. The van der Waals surface area contributed by atoms with Crippen molar-refractivity contribution in [3.63, 3.8) is 0 Å². The fourth-order valence-corrected chi connectivity index (χ4v) is 3.26. The Kier molecular flexibility index (Phi) is 5.35. The van der Waals surface area contributed by atoms with Gasteiger partial charge in [0.15, 0.2) is 0 Å². The maximum Gasteiger partial charge on any atom is 0.124 e. The number of hydrogen-bond donors (Lipinski definition) is 1. The second-order valence-electron chi connectivity index (χ2n) is 4.53. The minimum absolute atomic E-state index is 0.120. The van der Waals surface area contributed by atoms with Crippen LogP contribution >= 0.6 is 31.9 Å². The van der Waals surface area contributed by atoms with E-state index in [1.807, 2.05) is 17.8 Å². The van der Waals surface area contributed by atoms with Gasteiger partial charge in [0, 0.05) is 11.0 Å². The zero-order valence-electron chi connectivity index (χ0n) is 11.3. The fraction of sp³-hybridized carbons (Fsp3) is 0.357. The summed E-state index contributed by atoms with van der Waals surface area (Å²) < 4.78 is 17.2. The molecule has 108 valence electrons. The van der Waals surface area contributed by atoms with Crippen molar-refractivity contribution in [2.45, 2.75) is 25.9 Å². The highest BCUT2D eigenvalue weighted by atomic mass is 79.9. The minimum atomic E-state index is -0.257. The van der Waals surface area contributed by atoms with Gasteiger partial charge in [-0.2, -0.15) is 5.10 Å². The number of nitrogens with zero attached hydrogens (tertiary/aromatic N) is 2. The predicted octanol–water partition coefficient (Wildman–Crippen LogP) is 4.27. The largest absolute Gasteiger partial charge is 0.308 e. The van der Waals surface area contributed by atoms with Crippen molar-refractivity contribution in [3.05, 3.63) is 50.4 Å². The van der Waals surface area contributed by atoms with Crippen LogP contribution in [0.15, 0.2) is 33.3 Å². The molecule has 0 radical (unpaired) electrons. The first-order valence-corrected chi connectivity index (χ1v) is 7.99. The van der Waals surface area contributed by atoms with Crippen molar-refractivity contribution in [1.82, 2.24) is 15.1 Å². The van der Waals surface area contributed by atoms with Crippen LogP contribution in [0.3, 0.4) is 0 Å². The Bertz CT molecular complexity index is 578. The normalized spacial score (nSPS) is 12.7. The molecule has 1 heterocycles. The molecule has 0 bridgehead atoms. The van der Waals surface area contributed by atoms with Crippen LogP contribution in [0.1, 0.15) is 30.6 Å². The molecule has 1 unspecified atom stereocenters. The highest BCUT2D eigenvalue weighted by Gasteiger charge is 2.21. The van der Waals surface area contributed by atoms with E-state index in [1.165, 1.54) is 6.07 Å². The van der Waals surface area contributed by atoms with Crippen LogP contribution in [0.5, 0.6) is 0 Å². The van der Waals surface area contributed by atoms with E-state index in [9.17, 15) is 4.39 Å². The predicted molar refractivity (Wildman–Crippen MR) is 85.2 cm³/mol. The molecule has 1 aromatic heterocycles. The Morgan fingerprint density at radius 1 is 1.35 bits per heavy atom. The van der Waals surface area contributed by atoms with Gasteiger partial charge in [-0.05, 0) is 53.2 Å². The van der Waals surface area contributed by atoms with Crippen LogP contribution in [-0.4, -0.2) is 16.8 Å². The van der Waals surface area contributed by atoms with Gasteiger partial charge in [-0.3, -0.25) is 4.68 Å². The summed E-state index contributed by atoms with van der Waals surface area (Å²) in [5.41, 5.74) is 1.87. The summed E-state index contributed by atoms with van der Waals surface area (Å²) in [6.07, 6.45) is 2.77. The van der Waals surface area contributed by atoms with E-state index in [-0.39, 0.29) is 11.9 Å². The Morgan fingerprint density at radius 3 is 2.70 bits per heavy atom. The lowest BCUT2D eigenvalue weighted by atomic mass is 10.0. The average molecular weight is 405 g/mol. The fourth-order valence-electron chi connectivity index (χ4n) is 2.25. The number of aryl methyl sites for hydroxylation is 1. The molecule has 0 amide bonds. The molecule has 0 fully saturated rings. The monoisotopic (exact) mass is 403 g/mol. The van der Waals surface area contributed by atoms with Gasteiger partial charge in [0.25, 0.3) is 0 Å². The van der Waals surface area contributed by atoms with Crippen molar-refractivity contribution in [2.75, 3.05) is 7.05 Å². The third-order valence-electron chi connectivity index (χ3n) is 3.05. The summed E-state index contributed by atoms with van der Waals surface area (Å²) in [7, 11) is 1.86. The summed E-state index contributed by atoms with van der Waals surface area (Å²) in [6, 6.07) is 4.79. The number of nitrogens with one attached hydrogen (secondary N) is 1. The number of hydrogen-bond acceptors (Lipinski definition) is 2. The first kappa shape index (κ1) is 15.7. The summed E-state index contributed by atoms with van der Waals surface area (Å²) in [6.45, 7) is 2.93. The maximum atomic E-state index is 13.6. The van der Waals surface area contributed by atoms with Gasteiger partial charge in [0.05, 0.1) is 22.4 Å². The van der Waals surface area contributed by atoms with Gasteiger partial charge in [-0.25, -0.2) is 4.39 Å². The highest BCUT2D eigenvalue weighted by Crippen LogP contribution is 2.30. The molecule has 1 N–H and O–H groups in total. The molecule has 6 heteroatoms. The van der Waals surface area contributed by atoms with Crippen molar-refractivity contribution in [2.24, 2.45) is 0 Å². The second kappa shape index (κ2) is 6.83. The van der Waals surface area contributed by atoms with E-state index in [1.54, 1.807) is 12.3 Å². The van der Waals surface area contributed by atoms with E-state index in [4.69, 9.17) is 0 Å². The zero-order chi connectivity index (χ0) is 14.7. The third kappa shape index (κ3) is 3.30. The van der Waals surface area contributed by atoms with Crippen LogP contribution in [0.4, 0.5) is 4.39 Å². The molecular weight excluding hydrogens is 389 g/mol. The summed E-state index contributed by atoms with van der Waals surface area (Å²) in [5.74, 6) is -0.257. The Hall–Kier alpha value is -0.720. The smallest absolute Gasteiger partial charge is 0.124 e. The first-order valence-electron chi connectivity index (χ1n) is 6.41. The number of halogens is 3. The quantitative estimate of drug-likeness (QED) is 0.806. The van der Waals surface area contributed by atoms with Gasteiger partial charge in [-0.1, -0.05) is 22.9 Å². The van der Waals surface area contributed by atoms with Crippen LogP contribution in [0, 0.1) is 5.82 Å². The molecule has 0 aliphatic rings. The van der Waals surface area contributed by atoms with E-state index in [0.717, 1.165) is 33.2 Å². The van der Waals surface area contributed by atoms with Crippen molar-refractivity contribution >= 4 is 31.9 Å². The first-order chi connectivity index (χ1) is 9.56. The summed E-state index contributed by atoms with van der Waals surface area (Å²) in [4.78, 5) is 0. The lowest BCUT2D eigenvalue weighted by Crippen LogP contribution is -2.22. The molecule has 0 spiro atoms. The van der Waals surface area contributed by atoms with Crippen LogP contribution in [0.25, 0.3) is 0 Å². The van der Waals surface area contributed by atoms with Crippen LogP contribution in [0.2, 0.25) is 0 Å². The molecule has 2 aromatic rings. The molecule has 2 rings (SSSR count). The number of benzene rings is 1. The van der Waals surface area contributed by atoms with Crippen LogP contribution < -0.4 is 5.32 Å². The molecule has 0 aliphatic heterocycles. The van der Waals surface area contributed by atoms with Crippen molar-refractivity contribution in [3.8, 4) is 0 Å². The van der Waals surface area contributed by atoms with E-state index in [2.05, 4.69) is 49.2 Å². The SMILES string of the molecule is CCCn1ncc(Br)c1C(NC)c1cc(F)cc(Br)c1. The molecule has 20 heavy (non-hydrogen) atoms. The van der Waals surface area contributed by atoms with Gasteiger partial charge in [-0.15, -0.1) is 0 Å².